The summed E-state index contributed by atoms with van der Waals surface area (Å²) in [5.41, 5.74) is 3.63. The van der Waals surface area contributed by atoms with Gasteiger partial charge in [0.15, 0.2) is 5.82 Å². The lowest BCUT2D eigenvalue weighted by atomic mass is 9.97. The molecule has 164 valence electrons. The number of nitrogens with one attached hydrogen (secondary N) is 2. The number of pyridine rings is 1. The lowest BCUT2D eigenvalue weighted by molar-refractivity contribution is 0.0988. The van der Waals surface area contributed by atoms with Gasteiger partial charge < -0.3 is 15.2 Å². The first-order chi connectivity index (χ1) is 16.0. The molecule has 2 heterocycles. The molecule has 2 aromatic carbocycles. The maximum atomic E-state index is 14.0. The Kier molecular flexibility index (Phi) is 6.13. The lowest BCUT2D eigenvalue weighted by Crippen LogP contribution is -2.16. The van der Waals surface area contributed by atoms with E-state index in [1.807, 2.05) is 44.2 Å². The maximum Gasteiger partial charge on any atom is 0.294 e. The van der Waals surface area contributed by atoms with Crippen LogP contribution in [0.5, 0.6) is 0 Å². The number of hydrogen-bond acceptors (Lipinski definition) is 6. The van der Waals surface area contributed by atoms with Crippen LogP contribution in [0.25, 0.3) is 11.1 Å². The van der Waals surface area contributed by atoms with Crippen LogP contribution in [-0.4, -0.2) is 16.0 Å². The van der Waals surface area contributed by atoms with Crippen molar-refractivity contribution in [3.8, 4) is 17.2 Å². The first-order valence-corrected chi connectivity index (χ1v) is 10.2. The van der Waals surface area contributed by atoms with Gasteiger partial charge in [-0.15, -0.1) is 0 Å². The molecule has 0 aliphatic heterocycles. The van der Waals surface area contributed by atoms with E-state index < -0.39 is 11.7 Å². The van der Waals surface area contributed by atoms with Crippen LogP contribution < -0.4 is 10.6 Å². The third-order valence-electron chi connectivity index (χ3n) is 5.26. The Bertz CT molecular complexity index is 1330. The van der Waals surface area contributed by atoms with Crippen molar-refractivity contribution in [1.29, 1.82) is 5.26 Å². The number of anilines is 2. The minimum atomic E-state index is -0.542. The predicted molar refractivity (Wildman–Crippen MR) is 122 cm³/mol. The van der Waals surface area contributed by atoms with Gasteiger partial charge in [0.1, 0.15) is 11.9 Å². The number of amides is 1. The summed E-state index contributed by atoms with van der Waals surface area (Å²) in [5, 5.41) is 19.0. The number of aromatic nitrogens is 2. The molecule has 0 aliphatic carbocycles. The van der Waals surface area contributed by atoms with Gasteiger partial charge >= 0.3 is 0 Å². The van der Waals surface area contributed by atoms with E-state index in [0.29, 0.717) is 17.1 Å². The zero-order valence-electron chi connectivity index (χ0n) is 18.0. The quantitative estimate of drug-likeness (QED) is 0.411. The SMILES string of the molecule is Cc1ccnc(N[C@H](C)c2ccc(-c3cccc(F)c3C#N)cc2)c1NC(=O)c1ccno1. The molecule has 2 N–H and O–H groups in total. The first-order valence-electron chi connectivity index (χ1n) is 10.2. The fraction of sp³-hybridized carbons (Fsp3) is 0.120. The van der Waals surface area contributed by atoms with Crippen molar-refractivity contribution in [2.45, 2.75) is 19.9 Å². The van der Waals surface area contributed by atoms with Crippen molar-refractivity contribution in [2.24, 2.45) is 0 Å². The van der Waals surface area contributed by atoms with Crippen molar-refractivity contribution < 1.29 is 13.7 Å². The highest BCUT2D eigenvalue weighted by Gasteiger charge is 2.17. The van der Waals surface area contributed by atoms with Crippen molar-refractivity contribution >= 4 is 17.4 Å². The van der Waals surface area contributed by atoms with Crippen LogP contribution in [0.1, 0.15) is 40.2 Å². The lowest BCUT2D eigenvalue weighted by Gasteiger charge is -2.19. The standard InChI is InChI=1S/C25H20FN5O2/c1-15-10-12-28-24(23(15)31-25(32)22-11-13-29-33-22)30-16(2)17-6-8-18(9-7-17)19-4-3-5-21(26)20(19)14-27/h3-13,16H,1-2H3,(H,28,30)(H,31,32)/t16-/m1/s1. The number of halogens is 1. The van der Waals surface area contributed by atoms with E-state index in [9.17, 15) is 14.4 Å². The van der Waals surface area contributed by atoms with Gasteiger partial charge in [-0.3, -0.25) is 4.79 Å². The van der Waals surface area contributed by atoms with Crippen LogP contribution in [0.3, 0.4) is 0 Å². The minimum absolute atomic E-state index is 0.0209. The second kappa shape index (κ2) is 9.32. The molecule has 4 aromatic rings. The maximum absolute atomic E-state index is 14.0. The van der Waals surface area contributed by atoms with Crippen LogP contribution >= 0.6 is 0 Å². The van der Waals surface area contributed by atoms with Gasteiger partial charge in [0, 0.05) is 17.8 Å². The van der Waals surface area contributed by atoms with Crippen molar-refractivity contribution in [2.75, 3.05) is 10.6 Å². The highest BCUT2D eigenvalue weighted by Crippen LogP contribution is 2.30. The van der Waals surface area contributed by atoms with Crippen LogP contribution in [0.2, 0.25) is 0 Å². The average molecular weight is 441 g/mol. The van der Waals surface area contributed by atoms with Gasteiger partial charge in [-0.25, -0.2) is 9.37 Å². The Balaban J connectivity index is 1.55. The average Bonchev–Trinajstić information content (AvgIpc) is 3.36. The summed E-state index contributed by atoms with van der Waals surface area (Å²) >= 11 is 0. The normalized spacial score (nSPS) is 11.5. The Labute approximate surface area is 189 Å². The monoisotopic (exact) mass is 441 g/mol. The number of benzene rings is 2. The Hall–Kier alpha value is -4.51. The van der Waals surface area contributed by atoms with Crippen LogP contribution in [0, 0.1) is 24.1 Å². The summed E-state index contributed by atoms with van der Waals surface area (Å²) in [5.74, 6) is -0.357. The molecule has 33 heavy (non-hydrogen) atoms. The van der Waals surface area contributed by atoms with E-state index in [2.05, 4.69) is 20.8 Å². The van der Waals surface area contributed by atoms with Crippen molar-refractivity contribution in [1.82, 2.24) is 10.1 Å². The first kappa shape index (κ1) is 21.7. The van der Waals surface area contributed by atoms with Crippen LogP contribution in [0.15, 0.2) is 71.5 Å². The fourth-order valence-electron chi connectivity index (χ4n) is 3.45. The zero-order valence-corrected chi connectivity index (χ0v) is 18.0. The van der Waals surface area contributed by atoms with Crippen LogP contribution in [0.4, 0.5) is 15.9 Å². The third-order valence-corrected chi connectivity index (χ3v) is 5.26. The number of carbonyl (C=O) groups is 1. The van der Waals surface area contributed by atoms with Crippen molar-refractivity contribution in [3.63, 3.8) is 0 Å². The summed E-state index contributed by atoms with van der Waals surface area (Å²) in [7, 11) is 0. The Morgan fingerprint density at radius 1 is 1.12 bits per heavy atom. The van der Waals surface area contributed by atoms with Crippen LogP contribution in [-0.2, 0) is 0 Å². The molecular formula is C25H20FN5O2. The van der Waals surface area contributed by atoms with E-state index in [-0.39, 0.29) is 17.4 Å². The molecule has 0 unspecified atom stereocenters. The van der Waals surface area contributed by atoms with E-state index in [1.165, 1.54) is 18.3 Å². The van der Waals surface area contributed by atoms with Gasteiger partial charge in [0.25, 0.3) is 5.91 Å². The van der Waals surface area contributed by atoms with Gasteiger partial charge in [-0.1, -0.05) is 41.6 Å². The predicted octanol–water partition coefficient (Wildman–Crippen LogP) is 5.48. The van der Waals surface area contributed by atoms with E-state index in [0.717, 1.165) is 16.7 Å². The molecule has 0 radical (unpaired) electrons. The van der Waals surface area contributed by atoms with E-state index in [1.54, 1.807) is 24.4 Å². The van der Waals surface area contributed by atoms with Gasteiger partial charge in [0.2, 0.25) is 5.76 Å². The Morgan fingerprint density at radius 2 is 1.91 bits per heavy atom. The summed E-state index contributed by atoms with van der Waals surface area (Å²) in [6, 6.07) is 17.1. The van der Waals surface area contributed by atoms with Gasteiger partial charge in [-0.05, 0) is 42.7 Å². The summed E-state index contributed by atoms with van der Waals surface area (Å²) < 4.78 is 18.9. The second-order valence-corrected chi connectivity index (χ2v) is 7.44. The summed E-state index contributed by atoms with van der Waals surface area (Å²) in [6.07, 6.45) is 3.06. The highest BCUT2D eigenvalue weighted by atomic mass is 19.1. The second-order valence-electron chi connectivity index (χ2n) is 7.44. The van der Waals surface area contributed by atoms with Gasteiger partial charge in [-0.2, -0.15) is 5.26 Å². The van der Waals surface area contributed by atoms with Gasteiger partial charge in [0.05, 0.1) is 23.5 Å². The molecule has 0 aliphatic rings. The molecule has 0 saturated heterocycles. The molecule has 7 nitrogen and oxygen atoms in total. The molecule has 0 bridgehead atoms. The number of aryl methyl sites for hydroxylation is 1. The molecule has 0 saturated carbocycles. The number of nitriles is 1. The highest BCUT2D eigenvalue weighted by molar-refractivity contribution is 6.04. The fourth-order valence-corrected chi connectivity index (χ4v) is 3.45. The number of rotatable bonds is 6. The zero-order chi connectivity index (χ0) is 23.4. The summed E-state index contributed by atoms with van der Waals surface area (Å²) in [6.45, 7) is 3.83. The van der Waals surface area contributed by atoms with E-state index >= 15 is 0 Å². The topological polar surface area (TPSA) is 104 Å². The number of carbonyl (C=O) groups excluding carboxylic acids is 1. The van der Waals surface area contributed by atoms with E-state index in [4.69, 9.17) is 4.52 Å². The minimum Gasteiger partial charge on any atom is -0.362 e. The number of nitrogens with zero attached hydrogens (tertiary/aromatic N) is 3. The molecule has 2 aromatic heterocycles. The third kappa shape index (κ3) is 4.57. The molecule has 0 spiro atoms. The Morgan fingerprint density at radius 3 is 2.61 bits per heavy atom. The van der Waals surface area contributed by atoms with Crippen molar-refractivity contribution in [3.05, 3.63) is 95.3 Å². The molecular weight excluding hydrogens is 421 g/mol. The largest absolute Gasteiger partial charge is 0.362 e. The molecule has 4 rings (SSSR count). The summed E-state index contributed by atoms with van der Waals surface area (Å²) in [4.78, 5) is 16.8. The smallest absolute Gasteiger partial charge is 0.294 e. The molecule has 8 heteroatoms. The molecule has 1 atom stereocenters. The molecule has 0 fully saturated rings. The number of hydrogen-bond donors (Lipinski definition) is 2. The molecule has 1 amide bonds.